The molecule has 1 heterocycles. The first-order valence-corrected chi connectivity index (χ1v) is 15.1. The van der Waals surface area contributed by atoms with E-state index in [4.69, 9.17) is 0 Å². The van der Waals surface area contributed by atoms with E-state index < -0.39 is 12.0 Å². The standard InChI is InChI=1S/C31H38N4O3S/c1-22-8-6-7-11-26(22)28-18-24(12-13-27(28)30(36)34-29(31(37)38)15-17-39-2)21-35(25-14-16-32-33-19-25)20-23-9-4-3-5-10-23/h6-8,11-14,16,18-19,23,29H,3-5,9-10,15,17,20-21H2,1-2H3,(H,34,36)(H,37,38)/t29-/m0/s1. The van der Waals surface area contributed by atoms with E-state index in [0.717, 1.165) is 34.5 Å². The van der Waals surface area contributed by atoms with Crippen molar-refractivity contribution in [3.63, 3.8) is 0 Å². The molecule has 7 nitrogen and oxygen atoms in total. The molecule has 1 aliphatic carbocycles. The fraction of sp³-hybridized carbons (Fsp3) is 0.419. The molecule has 3 aromatic rings. The van der Waals surface area contributed by atoms with Crippen LogP contribution < -0.4 is 10.2 Å². The van der Waals surface area contributed by atoms with Crippen LogP contribution in [0.3, 0.4) is 0 Å². The zero-order chi connectivity index (χ0) is 27.6. The maximum Gasteiger partial charge on any atom is 0.326 e. The number of hydrogen-bond acceptors (Lipinski definition) is 6. The summed E-state index contributed by atoms with van der Waals surface area (Å²) < 4.78 is 0. The molecule has 4 rings (SSSR count). The Bertz CT molecular complexity index is 1250. The van der Waals surface area contributed by atoms with Gasteiger partial charge in [0.25, 0.3) is 5.91 Å². The van der Waals surface area contributed by atoms with Crippen LogP contribution in [0.2, 0.25) is 0 Å². The molecule has 1 fully saturated rings. The van der Waals surface area contributed by atoms with Crippen molar-refractivity contribution in [2.75, 3.05) is 23.5 Å². The lowest BCUT2D eigenvalue weighted by Crippen LogP contribution is -2.41. The molecule has 0 bridgehead atoms. The van der Waals surface area contributed by atoms with Crippen molar-refractivity contribution in [3.05, 3.63) is 77.6 Å². The second kappa shape index (κ2) is 14.1. The van der Waals surface area contributed by atoms with Gasteiger partial charge in [-0.05, 0) is 84.6 Å². The van der Waals surface area contributed by atoms with E-state index >= 15 is 0 Å². The summed E-state index contributed by atoms with van der Waals surface area (Å²) in [5.41, 5.74) is 5.42. The fourth-order valence-electron chi connectivity index (χ4n) is 5.35. The molecular weight excluding hydrogens is 508 g/mol. The number of anilines is 1. The van der Waals surface area contributed by atoms with Crippen LogP contribution in [0.5, 0.6) is 0 Å². The Kier molecular flexibility index (Phi) is 10.4. The van der Waals surface area contributed by atoms with Gasteiger partial charge in [0.05, 0.1) is 18.1 Å². The number of rotatable bonds is 12. The topological polar surface area (TPSA) is 95.4 Å². The highest BCUT2D eigenvalue weighted by Gasteiger charge is 2.24. The molecule has 2 aromatic carbocycles. The van der Waals surface area contributed by atoms with Gasteiger partial charge in [-0.25, -0.2) is 4.79 Å². The number of benzene rings is 2. The second-order valence-electron chi connectivity index (χ2n) is 10.3. The summed E-state index contributed by atoms with van der Waals surface area (Å²) >= 11 is 1.56. The van der Waals surface area contributed by atoms with E-state index in [0.29, 0.717) is 30.2 Å². The number of carbonyl (C=O) groups is 2. The third-order valence-electron chi connectivity index (χ3n) is 7.49. The van der Waals surface area contributed by atoms with Crippen LogP contribution in [-0.4, -0.2) is 51.8 Å². The molecule has 39 heavy (non-hydrogen) atoms. The first-order chi connectivity index (χ1) is 19.0. The van der Waals surface area contributed by atoms with Crippen LogP contribution in [-0.2, 0) is 11.3 Å². The molecule has 0 unspecified atom stereocenters. The van der Waals surface area contributed by atoms with Gasteiger partial charge in [-0.3, -0.25) is 4.79 Å². The van der Waals surface area contributed by atoms with Gasteiger partial charge >= 0.3 is 5.97 Å². The van der Waals surface area contributed by atoms with Gasteiger partial charge in [0.1, 0.15) is 6.04 Å². The van der Waals surface area contributed by atoms with E-state index in [2.05, 4.69) is 26.5 Å². The molecule has 0 spiro atoms. The quantitative estimate of drug-likeness (QED) is 0.289. The summed E-state index contributed by atoms with van der Waals surface area (Å²) in [6.07, 6.45) is 12.2. The molecule has 0 radical (unpaired) electrons. The summed E-state index contributed by atoms with van der Waals surface area (Å²) in [5.74, 6) is -0.0924. The van der Waals surface area contributed by atoms with E-state index in [1.165, 1.54) is 32.1 Å². The van der Waals surface area contributed by atoms with Crippen LogP contribution in [0.25, 0.3) is 11.1 Å². The summed E-state index contributed by atoms with van der Waals surface area (Å²) in [4.78, 5) is 27.6. The Hall–Kier alpha value is -3.39. The van der Waals surface area contributed by atoms with Crippen molar-refractivity contribution in [2.24, 2.45) is 5.92 Å². The zero-order valence-electron chi connectivity index (χ0n) is 22.8. The van der Waals surface area contributed by atoms with Crippen LogP contribution in [0, 0.1) is 12.8 Å². The minimum atomic E-state index is -1.02. The number of aryl methyl sites for hydroxylation is 1. The number of nitrogens with zero attached hydrogens (tertiary/aromatic N) is 3. The summed E-state index contributed by atoms with van der Waals surface area (Å²) in [6.45, 7) is 3.65. The number of carboxylic acids is 1. The number of aliphatic carboxylic acids is 1. The smallest absolute Gasteiger partial charge is 0.326 e. The summed E-state index contributed by atoms with van der Waals surface area (Å²) in [6, 6.07) is 15.0. The molecule has 8 heteroatoms. The summed E-state index contributed by atoms with van der Waals surface area (Å²) in [5, 5.41) is 20.5. The number of amides is 1. The Balaban J connectivity index is 1.66. The third-order valence-corrected chi connectivity index (χ3v) is 8.13. The highest BCUT2D eigenvalue weighted by Crippen LogP contribution is 2.31. The van der Waals surface area contributed by atoms with Crippen molar-refractivity contribution in [1.29, 1.82) is 0 Å². The largest absolute Gasteiger partial charge is 0.480 e. The average molecular weight is 547 g/mol. The van der Waals surface area contributed by atoms with Crippen molar-refractivity contribution in [3.8, 4) is 11.1 Å². The Labute approximate surface area is 235 Å². The minimum Gasteiger partial charge on any atom is -0.480 e. The van der Waals surface area contributed by atoms with E-state index in [1.54, 1.807) is 18.0 Å². The molecule has 1 amide bonds. The van der Waals surface area contributed by atoms with Crippen molar-refractivity contribution in [1.82, 2.24) is 15.5 Å². The van der Waals surface area contributed by atoms with Gasteiger partial charge in [0.2, 0.25) is 0 Å². The molecule has 1 aromatic heterocycles. The number of thioether (sulfide) groups is 1. The molecule has 0 saturated heterocycles. The van der Waals surface area contributed by atoms with Crippen LogP contribution in [0.4, 0.5) is 5.69 Å². The minimum absolute atomic E-state index is 0.370. The van der Waals surface area contributed by atoms with E-state index in [1.807, 2.05) is 61.8 Å². The lowest BCUT2D eigenvalue weighted by atomic mass is 9.88. The van der Waals surface area contributed by atoms with Gasteiger partial charge in [0.15, 0.2) is 0 Å². The number of aromatic nitrogens is 2. The van der Waals surface area contributed by atoms with E-state index in [-0.39, 0.29) is 5.91 Å². The molecule has 0 aliphatic heterocycles. The van der Waals surface area contributed by atoms with Crippen LogP contribution >= 0.6 is 11.8 Å². The predicted octanol–water partition coefficient (Wildman–Crippen LogP) is 5.98. The van der Waals surface area contributed by atoms with Gasteiger partial charge in [-0.1, -0.05) is 49.6 Å². The maximum atomic E-state index is 13.4. The second-order valence-corrected chi connectivity index (χ2v) is 11.3. The monoisotopic (exact) mass is 546 g/mol. The number of carboxylic acid groups (broad SMARTS) is 1. The van der Waals surface area contributed by atoms with Gasteiger partial charge in [0, 0.05) is 18.7 Å². The number of hydrogen-bond donors (Lipinski definition) is 2. The average Bonchev–Trinajstić information content (AvgIpc) is 2.96. The van der Waals surface area contributed by atoms with Crippen molar-refractivity contribution < 1.29 is 14.7 Å². The van der Waals surface area contributed by atoms with Gasteiger partial charge < -0.3 is 15.3 Å². The molecular formula is C31H38N4O3S. The van der Waals surface area contributed by atoms with Crippen molar-refractivity contribution in [2.45, 2.75) is 58.0 Å². The number of carbonyl (C=O) groups excluding carboxylic acids is 1. The lowest BCUT2D eigenvalue weighted by Gasteiger charge is -2.31. The SMILES string of the molecule is CSCC[C@H](NC(=O)c1ccc(CN(CC2CCCCC2)c2ccnnc2)cc1-c1ccccc1C)C(=O)O. The molecule has 1 aliphatic rings. The number of nitrogens with one attached hydrogen (secondary N) is 1. The Morgan fingerprint density at radius 1 is 1.08 bits per heavy atom. The molecule has 1 atom stereocenters. The fourth-order valence-corrected chi connectivity index (χ4v) is 5.82. The highest BCUT2D eigenvalue weighted by atomic mass is 32.2. The summed E-state index contributed by atoms with van der Waals surface area (Å²) in [7, 11) is 0. The van der Waals surface area contributed by atoms with Gasteiger partial charge in [-0.2, -0.15) is 22.0 Å². The van der Waals surface area contributed by atoms with Gasteiger partial charge in [-0.15, -0.1) is 0 Å². The van der Waals surface area contributed by atoms with Crippen molar-refractivity contribution >= 4 is 29.3 Å². The maximum absolute atomic E-state index is 13.4. The highest BCUT2D eigenvalue weighted by molar-refractivity contribution is 7.98. The third kappa shape index (κ3) is 7.82. The predicted molar refractivity (Wildman–Crippen MR) is 158 cm³/mol. The molecule has 2 N–H and O–H groups in total. The molecule has 206 valence electrons. The zero-order valence-corrected chi connectivity index (χ0v) is 23.6. The normalized spacial score (nSPS) is 14.5. The molecule has 1 saturated carbocycles. The Morgan fingerprint density at radius 3 is 2.56 bits per heavy atom. The lowest BCUT2D eigenvalue weighted by molar-refractivity contribution is -0.139. The van der Waals surface area contributed by atoms with Crippen LogP contribution in [0.1, 0.15) is 60.0 Å². The van der Waals surface area contributed by atoms with E-state index in [9.17, 15) is 14.7 Å². The van der Waals surface area contributed by atoms with Crippen LogP contribution in [0.15, 0.2) is 60.9 Å². The Morgan fingerprint density at radius 2 is 1.87 bits per heavy atom. The first-order valence-electron chi connectivity index (χ1n) is 13.7. The first kappa shape index (κ1) is 28.6.